The SMILES string of the molecule is CSC(=Nc1cc2ccccc2c2ccccc12)NC#N. The maximum Gasteiger partial charge on any atom is 0.183 e. The molecule has 0 amide bonds. The van der Waals surface area contributed by atoms with E-state index in [0.29, 0.717) is 5.17 Å². The molecule has 0 unspecified atom stereocenters. The number of nitrogens with zero attached hydrogens (tertiary/aromatic N) is 2. The monoisotopic (exact) mass is 291 g/mol. The number of fused-ring (bicyclic) bond motifs is 3. The molecule has 0 aromatic heterocycles. The van der Waals surface area contributed by atoms with Crippen molar-refractivity contribution in [3.8, 4) is 6.19 Å². The third kappa shape index (κ3) is 2.56. The van der Waals surface area contributed by atoms with Crippen LogP contribution in [0.2, 0.25) is 0 Å². The van der Waals surface area contributed by atoms with E-state index in [1.54, 1.807) is 0 Å². The molecule has 0 saturated heterocycles. The summed E-state index contributed by atoms with van der Waals surface area (Å²) in [6, 6.07) is 18.5. The molecule has 0 radical (unpaired) electrons. The molecule has 0 bridgehead atoms. The average molecular weight is 291 g/mol. The molecule has 0 atom stereocenters. The lowest BCUT2D eigenvalue weighted by molar-refractivity contribution is 1.28. The lowest BCUT2D eigenvalue weighted by Gasteiger charge is -2.08. The minimum Gasteiger partial charge on any atom is -0.271 e. The Hall–Kier alpha value is -2.51. The minimum atomic E-state index is 0.595. The molecule has 0 fully saturated rings. The molecule has 1 N–H and O–H groups in total. The van der Waals surface area contributed by atoms with Crippen LogP contribution in [0.5, 0.6) is 0 Å². The van der Waals surface area contributed by atoms with Gasteiger partial charge in [0.1, 0.15) is 0 Å². The van der Waals surface area contributed by atoms with Gasteiger partial charge in [0, 0.05) is 5.39 Å². The van der Waals surface area contributed by atoms with Crippen molar-refractivity contribution >= 4 is 44.2 Å². The molecule has 4 heteroatoms. The zero-order valence-electron chi connectivity index (χ0n) is 11.5. The van der Waals surface area contributed by atoms with Crippen LogP contribution in [0.3, 0.4) is 0 Å². The molecule has 3 nitrogen and oxygen atoms in total. The molecular weight excluding hydrogens is 278 g/mol. The van der Waals surface area contributed by atoms with Crippen LogP contribution in [0, 0.1) is 11.5 Å². The van der Waals surface area contributed by atoms with E-state index >= 15 is 0 Å². The Morgan fingerprint density at radius 1 is 1.05 bits per heavy atom. The first kappa shape index (κ1) is 13.5. The summed E-state index contributed by atoms with van der Waals surface area (Å²) in [7, 11) is 0. The molecule has 3 aromatic rings. The third-order valence-electron chi connectivity index (χ3n) is 3.32. The maximum absolute atomic E-state index is 8.78. The Labute approximate surface area is 127 Å². The molecule has 0 saturated carbocycles. The summed E-state index contributed by atoms with van der Waals surface area (Å²) in [4.78, 5) is 4.59. The Kier molecular flexibility index (Phi) is 3.76. The normalized spacial score (nSPS) is 11.5. The van der Waals surface area contributed by atoms with Gasteiger partial charge in [0.05, 0.1) is 5.69 Å². The van der Waals surface area contributed by atoms with Crippen LogP contribution < -0.4 is 5.32 Å². The van der Waals surface area contributed by atoms with Gasteiger partial charge >= 0.3 is 0 Å². The lowest BCUT2D eigenvalue weighted by atomic mass is 10.0. The van der Waals surface area contributed by atoms with E-state index in [-0.39, 0.29) is 0 Å². The smallest absolute Gasteiger partial charge is 0.183 e. The van der Waals surface area contributed by atoms with Gasteiger partial charge in [-0.15, -0.1) is 0 Å². The first-order chi connectivity index (χ1) is 10.3. The Bertz CT molecular complexity index is 878. The molecule has 0 aliphatic heterocycles. The first-order valence-electron chi connectivity index (χ1n) is 6.52. The van der Waals surface area contributed by atoms with E-state index in [2.05, 4.69) is 40.6 Å². The number of aliphatic imine (C=N–C) groups is 1. The summed E-state index contributed by atoms with van der Waals surface area (Å²) in [5.41, 5.74) is 0.872. The van der Waals surface area contributed by atoms with Gasteiger partial charge in [-0.2, -0.15) is 5.26 Å². The van der Waals surface area contributed by atoms with Gasteiger partial charge in [-0.1, -0.05) is 60.3 Å². The number of rotatable bonds is 1. The van der Waals surface area contributed by atoms with Crippen molar-refractivity contribution < 1.29 is 0 Å². The fraction of sp³-hybridized carbons (Fsp3) is 0.0588. The number of hydrogen-bond acceptors (Lipinski definition) is 3. The topological polar surface area (TPSA) is 48.2 Å². The van der Waals surface area contributed by atoms with Crippen LogP contribution in [0.25, 0.3) is 21.5 Å². The second-order valence-corrected chi connectivity index (χ2v) is 5.32. The highest BCUT2D eigenvalue weighted by Gasteiger charge is 2.06. The van der Waals surface area contributed by atoms with Gasteiger partial charge in [0.25, 0.3) is 0 Å². The van der Waals surface area contributed by atoms with Crippen molar-refractivity contribution in [3.63, 3.8) is 0 Å². The highest BCUT2D eigenvalue weighted by atomic mass is 32.2. The second kappa shape index (κ2) is 5.86. The van der Waals surface area contributed by atoms with Gasteiger partial charge in [0.2, 0.25) is 0 Å². The van der Waals surface area contributed by atoms with Crippen molar-refractivity contribution in [1.82, 2.24) is 5.32 Å². The van der Waals surface area contributed by atoms with E-state index in [9.17, 15) is 0 Å². The van der Waals surface area contributed by atoms with Crippen LogP contribution in [0.15, 0.2) is 59.6 Å². The number of nitriles is 1. The highest BCUT2D eigenvalue weighted by molar-refractivity contribution is 8.13. The summed E-state index contributed by atoms with van der Waals surface area (Å²) in [6.45, 7) is 0. The van der Waals surface area contributed by atoms with Crippen LogP contribution >= 0.6 is 11.8 Å². The number of amidine groups is 1. The Morgan fingerprint density at radius 3 is 2.43 bits per heavy atom. The molecule has 3 rings (SSSR count). The second-order valence-electron chi connectivity index (χ2n) is 4.52. The van der Waals surface area contributed by atoms with E-state index in [4.69, 9.17) is 5.26 Å². The van der Waals surface area contributed by atoms with E-state index in [1.165, 1.54) is 22.5 Å². The standard InChI is InChI=1S/C17H13N3S/c1-21-17(19-11-18)20-16-10-12-6-2-3-7-13(12)14-8-4-5-9-15(14)16/h2-10H,1H3,(H,19,20). The van der Waals surface area contributed by atoms with Gasteiger partial charge in [-0.25, -0.2) is 4.99 Å². The van der Waals surface area contributed by atoms with E-state index in [0.717, 1.165) is 16.5 Å². The van der Waals surface area contributed by atoms with Crippen molar-refractivity contribution in [1.29, 1.82) is 5.26 Å². The fourth-order valence-electron chi connectivity index (χ4n) is 2.41. The third-order valence-corrected chi connectivity index (χ3v) is 3.90. The molecule has 0 aliphatic rings. The van der Waals surface area contributed by atoms with Gasteiger partial charge < -0.3 is 0 Å². The predicted molar refractivity (Wildman–Crippen MR) is 90.8 cm³/mol. The predicted octanol–water partition coefficient (Wildman–Crippen LogP) is 4.41. The van der Waals surface area contributed by atoms with Crippen molar-refractivity contribution in [2.24, 2.45) is 4.99 Å². The number of hydrogen-bond donors (Lipinski definition) is 1. The van der Waals surface area contributed by atoms with Crippen LogP contribution in [-0.2, 0) is 0 Å². The van der Waals surface area contributed by atoms with Gasteiger partial charge in [-0.05, 0) is 28.5 Å². The molecule has 102 valence electrons. The fourth-order valence-corrected chi connectivity index (χ4v) is 2.75. The minimum absolute atomic E-state index is 0.595. The zero-order chi connectivity index (χ0) is 14.7. The molecule has 0 aliphatic carbocycles. The first-order valence-corrected chi connectivity index (χ1v) is 7.74. The van der Waals surface area contributed by atoms with Crippen molar-refractivity contribution in [3.05, 3.63) is 54.6 Å². The van der Waals surface area contributed by atoms with Crippen LogP contribution in [-0.4, -0.2) is 11.4 Å². The average Bonchev–Trinajstić information content (AvgIpc) is 2.54. The Balaban J connectivity index is 2.33. The zero-order valence-corrected chi connectivity index (χ0v) is 12.3. The summed E-state index contributed by atoms with van der Waals surface area (Å²) in [5.74, 6) is 0. The van der Waals surface area contributed by atoms with Crippen molar-refractivity contribution in [2.75, 3.05) is 6.26 Å². The largest absolute Gasteiger partial charge is 0.271 e. The van der Waals surface area contributed by atoms with E-state index < -0.39 is 0 Å². The van der Waals surface area contributed by atoms with E-state index in [1.807, 2.05) is 36.7 Å². The molecule has 0 heterocycles. The lowest BCUT2D eigenvalue weighted by Crippen LogP contribution is -2.12. The van der Waals surface area contributed by atoms with Crippen molar-refractivity contribution in [2.45, 2.75) is 0 Å². The summed E-state index contributed by atoms with van der Waals surface area (Å²) in [5, 5.41) is 16.6. The number of thioether (sulfide) groups is 1. The van der Waals surface area contributed by atoms with Gasteiger partial charge in [0.15, 0.2) is 11.4 Å². The number of benzene rings is 3. The molecule has 3 aromatic carbocycles. The number of nitrogens with one attached hydrogen (secondary N) is 1. The highest BCUT2D eigenvalue weighted by Crippen LogP contribution is 2.33. The molecule has 0 spiro atoms. The summed E-state index contributed by atoms with van der Waals surface area (Å²) >= 11 is 1.42. The summed E-state index contributed by atoms with van der Waals surface area (Å²) in [6.07, 6.45) is 3.82. The van der Waals surface area contributed by atoms with Gasteiger partial charge in [-0.3, -0.25) is 5.32 Å². The quantitative estimate of drug-likeness (QED) is 0.237. The molecular formula is C17H13N3S. The maximum atomic E-state index is 8.78. The summed E-state index contributed by atoms with van der Waals surface area (Å²) < 4.78 is 0. The van der Waals surface area contributed by atoms with Crippen LogP contribution in [0.1, 0.15) is 0 Å². The van der Waals surface area contributed by atoms with Crippen LogP contribution in [0.4, 0.5) is 5.69 Å². The Morgan fingerprint density at radius 2 is 1.71 bits per heavy atom. The molecule has 21 heavy (non-hydrogen) atoms.